The first-order valence-corrected chi connectivity index (χ1v) is 8.95. The smallest absolute Gasteiger partial charge is 0.422 e. The van der Waals surface area contributed by atoms with Crippen LogP contribution in [0.2, 0.25) is 0 Å². The zero-order valence-corrected chi connectivity index (χ0v) is 19.0. The van der Waals surface area contributed by atoms with Crippen molar-refractivity contribution in [3.63, 3.8) is 0 Å². The van der Waals surface area contributed by atoms with Crippen LogP contribution in [0.1, 0.15) is 32.8 Å². The highest BCUT2D eigenvalue weighted by molar-refractivity contribution is 14.0. The van der Waals surface area contributed by atoms with Gasteiger partial charge in [0.05, 0.1) is 6.10 Å². The number of nitrogens with one attached hydrogen (secondary N) is 2. The monoisotopic (exact) mass is 518 g/mol. The molecule has 1 unspecified atom stereocenters. The SMILES string of the molecule is CCOC(CCNC(=NC)NCc1ccc(OCC(F)(F)F)nc1)C(C)C.I. The Hall–Kier alpha value is -1.30. The lowest BCUT2D eigenvalue weighted by molar-refractivity contribution is -0.154. The van der Waals surface area contributed by atoms with E-state index in [1.54, 1.807) is 13.1 Å². The maximum atomic E-state index is 12.1. The summed E-state index contributed by atoms with van der Waals surface area (Å²) >= 11 is 0. The van der Waals surface area contributed by atoms with Crippen molar-refractivity contribution >= 4 is 29.9 Å². The molecular formula is C18H30F3IN4O2. The van der Waals surface area contributed by atoms with Gasteiger partial charge in [0.1, 0.15) is 0 Å². The predicted molar refractivity (Wildman–Crippen MR) is 114 cm³/mol. The van der Waals surface area contributed by atoms with E-state index >= 15 is 0 Å². The van der Waals surface area contributed by atoms with Gasteiger partial charge in [-0.25, -0.2) is 4.98 Å². The number of rotatable bonds is 10. The second-order valence-corrected chi connectivity index (χ2v) is 6.29. The number of hydrogen-bond acceptors (Lipinski definition) is 4. The lowest BCUT2D eigenvalue weighted by atomic mass is 10.0. The molecule has 1 aromatic heterocycles. The highest BCUT2D eigenvalue weighted by Crippen LogP contribution is 2.17. The number of aliphatic imine (C=N–C) groups is 1. The van der Waals surface area contributed by atoms with Gasteiger partial charge in [-0.15, -0.1) is 24.0 Å². The topological polar surface area (TPSA) is 67.8 Å². The molecular weight excluding hydrogens is 488 g/mol. The number of ether oxygens (including phenoxy) is 2. The Morgan fingerprint density at radius 3 is 2.46 bits per heavy atom. The fourth-order valence-corrected chi connectivity index (χ4v) is 2.32. The third-order valence-electron chi connectivity index (χ3n) is 3.71. The van der Waals surface area contributed by atoms with E-state index in [4.69, 9.17) is 4.74 Å². The first-order chi connectivity index (χ1) is 12.7. The molecule has 0 spiro atoms. The minimum atomic E-state index is -4.38. The quantitative estimate of drug-likeness (QED) is 0.281. The maximum absolute atomic E-state index is 12.1. The molecule has 6 nitrogen and oxygen atoms in total. The van der Waals surface area contributed by atoms with Gasteiger partial charge in [0.15, 0.2) is 12.6 Å². The van der Waals surface area contributed by atoms with Crippen LogP contribution in [0, 0.1) is 5.92 Å². The Bertz CT molecular complexity index is 569. The molecule has 0 saturated carbocycles. The van der Waals surface area contributed by atoms with Crippen molar-refractivity contribution in [2.45, 2.75) is 46.0 Å². The van der Waals surface area contributed by atoms with Crippen LogP contribution < -0.4 is 15.4 Å². The highest BCUT2D eigenvalue weighted by atomic mass is 127. The van der Waals surface area contributed by atoms with E-state index < -0.39 is 12.8 Å². The first kappa shape index (κ1) is 26.7. The van der Waals surface area contributed by atoms with E-state index in [0.717, 1.165) is 12.0 Å². The molecule has 0 aliphatic rings. The normalized spacial score (nSPS) is 13.1. The van der Waals surface area contributed by atoms with Crippen molar-refractivity contribution in [2.24, 2.45) is 10.9 Å². The fourth-order valence-electron chi connectivity index (χ4n) is 2.32. The second kappa shape index (κ2) is 13.8. The largest absolute Gasteiger partial charge is 0.468 e. The molecule has 1 atom stereocenters. The number of aromatic nitrogens is 1. The third-order valence-corrected chi connectivity index (χ3v) is 3.71. The van der Waals surface area contributed by atoms with Gasteiger partial charge in [-0.2, -0.15) is 13.2 Å². The van der Waals surface area contributed by atoms with Gasteiger partial charge in [0, 0.05) is 39.0 Å². The van der Waals surface area contributed by atoms with Crippen molar-refractivity contribution in [1.29, 1.82) is 0 Å². The van der Waals surface area contributed by atoms with E-state index in [0.29, 0.717) is 31.6 Å². The van der Waals surface area contributed by atoms with Crippen molar-refractivity contribution < 1.29 is 22.6 Å². The molecule has 2 N–H and O–H groups in total. The molecule has 0 bridgehead atoms. The average molecular weight is 518 g/mol. The Labute approximate surface area is 181 Å². The van der Waals surface area contributed by atoms with Gasteiger partial charge < -0.3 is 20.1 Å². The first-order valence-electron chi connectivity index (χ1n) is 8.95. The number of hydrogen-bond donors (Lipinski definition) is 2. The van der Waals surface area contributed by atoms with Gasteiger partial charge in [-0.3, -0.25) is 4.99 Å². The van der Waals surface area contributed by atoms with Crippen LogP contribution in [0.15, 0.2) is 23.3 Å². The van der Waals surface area contributed by atoms with Crippen LogP contribution in [0.25, 0.3) is 0 Å². The summed E-state index contributed by atoms with van der Waals surface area (Å²) in [6.45, 7) is 6.72. The van der Waals surface area contributed by atoms with E-state index in [-0.39, 0.29) is 36.0 Å². The van der Waals surface area contributed by atoms with Crippen molar-refractivity contribution in [1.82, 2.24) is 15.6 Å². The maximum Gasteiger partial charge on any atom is 0.422 e. The highest BCUT2D eigenvalue weighted by Gasteiger charge is 2.28. The summed E-state index contributed by atoms with van der Waals surface area (Å²) in [6, 6.07) is 3.07. The van der Waals surface area contributed by atoms with E-state index in [1.165, 1.54) is 12.3 Å². The van der Waals surface area contributed by atoms with Gasteiger partial charge in [0.25, 0.3) is 0 Å². The van der Waals surface area contributed by atoms with Crippen molar-refractivity contribution in [2.75, 3.05) is 26.8 Å². The summed E-state index contributed by atoms with van der Waals surface area (Å²) in [5.41, 5.74) is 0.798. The minimum absolute atomic E-state index is 0. The van der Waals surface area contributed by atoms with Crippen LogP contribution >= 0.6 is 24.0 Å². The van der Waals surface area contributed by atoms with Gasteiger partial charge in [0.2, 0.25) is 5.88 Å². The Balaban J connectivity index is 0.00000729. The van der Waals surface area contributed by atoms with Crippen LogP contribution in [0.4, 0.5) is 13.2 Å². The molecule has 0 amide bonds. The number of nitrogens with zero attached hydrogens (tertiary/aromatic N) is 2. The summed E-state index contributed by atoms with van der Waals surface area (Å²) in [6.07, 6.45) is -1.86. The molecule has 0 aliphatic carbocycles. The van der Waals surface area contributed by atoms with Crippen LogP contribution in [0.3, 0.4) is 0 Å². The minimum Gasteiger partial charge on any atom is -0.468 e. The third kappa shape index (κ3) is 11.5. The lowest BCUT2D eigenvalue weighted by Crippen LogP contribution is -2.38. The Morgan fingerprint density at radius 2 is 1.96 bits per heavy atom. The molecule has 1 rings (SSSR count). The zero-order chi connectivity index (χ0) is 20.3. The Morgan fingerprint density at radius 1 is 1.25 bits per heavy atom. The molecule has 10 heteroatoms. The summed E-state index contributed by atoms with van der Waals surface area (Å²) in [4.78, 5) is 8.02. The molecule has 28 heavy (non-hydrogen) atoms. The van der Waals surface area contributed by atoms with Gasteiger partial charge >= 0.3 is 6.18 Å². The van der Waals surface area contributed by atoms with Crippen LogP contribution in [0.5, 0.6) is 5.88 Å². The predicted octanol–water partition coefficient (Wildman–Crippen LogP) is 3.76. The fraction of sp³-hybridized carbons (Fsp3) is 0.667. The molecule has 0 aliphatic heterocycles. The molecule has 0 fully saturated rings. The van der Waals surface area contributed by atoms with Crippen LogP contribution in [-0.2, 0) is 11.3 Å². The molecule has 162 valence electrons. The number of guanidine groups is 1. The molecule has 1 aromatic rings. The molecule has 0 radical (unpaired) electrons. The molecule has 0 saturated heterocycles. The summed E-state index contributed by atoms with van der Waals surface area (Å²) < 4.78 is 46.6. The number of halogens is 4. The van der Waals surface area contributed by atoms with Crippen LogP contribution in [-0.4, -0.2) is 50.0 Å². The number of pyridine rings is 1. The summed E-state index contributed by atoms with van der Waals surface area (Å²) in [5, 5.41) is 6.35. The van der Waals surface area contributed by atoms with Crippen molar-refractivity contribution in [3.8, 4) is 5.88 Å². The zero-order valence-electron chi connectivity index (χ0n) is 16.7. The second-order valence-electron chi connectivity index (χ2n) is 6.29. The average Bonchev–Trinajstić information content (AvgIpc) is 2.62. The lowest BCUT2D eigenvalue weighted by Gasteiger charge is -2.21. The summed E-state index contributed by atoms with van der Waals surface area (Å²) in [7, 11) is 1.67. The molecule has 1 heterocycles. The number of alkyl halides is 3. The standard InChI is InChI=1S/C18H29F3N4O2.HI/c1-5-26-15(13(2)3)8-9-23-17(22-4)25-11-14-6-7-16(24-10-14)27-12-18(19,20)21;/h6-7,10,13,15H,5,8-9,11-12H2,1-4H3,(H2,22,23,25);1H. The van der Waals surface area contributed by atoms with Gasteiger partial charge in [-0.1, -0.05) is 19.9 Å². The Kier molecular flexibility index (Phi) is 13.2. The molecule has 0 aromatic carbocycles. The van der Waals surface area contributed by atoms with E-state index in [9.17, 15) is 13.2 Å². The van der Waals surface area contributed by atoms with E-state index in [1.807, 2.05) is 6.92 Å². The van der Waals surface area contributed by atoms with Crippen molar-refractivity contribution in [3.05, 3.63) is 23.9 Å². The van der Waals surface area contributed by atoms with Gasteiger partial charge in [-0.05, 0) is 24.8 Å². The summed E-state index contributed by atoms with van der Waals surface area (Å²) in [5.74, 6) is 1.01. The van der Waals surface area contributed by atoms with E-state index in [2.05, 4.69) is 39.2 Å².